The summed E-state index contributed by atoms with van der Waals surface area (Å²) in [6, 6.07) is 6.56. The Morgan fingerprint density at radius 3 is 2.92 bits per heavy atom. The van der Waals surface area contributed by atoms with Crippen molar-refractivity contribution >= 4 is 0 Å². The maximum absolute atomic E-state index is 6.16. The molecule has 0 aliphatic heterocycles. The van der Waals surface area contributed by atoms with Gasteiger partial charge in [0.25, 0.3) is 0 Å². The molecule has 1 aromatic carbocycles. The van der Waals surface area contributed by atoms with Crippen molar-refractivity contribution in [2.75, 3.05) is 0 Å². The Hall–Kier alpha value is -0.820. The minimum atomic E-state index is 0.0130. The van der Waals surface area contributed by atoms with Crippen LogP contribution in [0.3, 0.4) is 0 Å². The van der Waals surface area contributed by atoms with Gasteiger partial charge in [-0.3, -0.25) is 0 Å². The topological polar surface area (TPSA) is 26.0 Å². The van der Waals surface area contributed by atoms with Gasteiger partial charge in [-0.2, -0.15) is 0 Å². The molecule has 0 radical (unpaired) electrons. The normalized spacial score (nSPS) is 27.0. The van der Waals surface area contributed by atoms with Crippen LogP contribution in [0.15, 0.2) is 18.2 Å². The highest BCUT2D eigenvalue weighted by Gasteiger charge is 2.26. The van der Waals surface area contributed by atoms with Gasteiger partial charge >= 0.3 is 0 Å². The highest BCUT2D eigenvalue weighted by molar-refractivity contribution is 5.38. The average Bonchev–Trinajstić information content (AvgIpc) is 2.06. The van der Waals surface area contributed by atoms with Gasteiger partial charge in [-0.05, 0) is 49.8 Å². The zero-order chi connectivity index (χ0) is 9.47. The van der Waals surface area contributed by atoms with Gasteiger partial charge in [-0.25, -0.2) is 0 Å². The van der Waals surface area contributed by atoms with Crippen LogP contribution in [0.5, 0.6) is 0 Å². The largest absolute Gasteiger partial charge is 0.325 e. The highest BCUT2D eigenvalue weighted by Crippen LogP contribution is 2.28. The van der Waals surface area contributed by atoms with Crippen LogP contribution in [0.2, 0.25) is 0 Å². The quantitative estimate of drug-likeness (QED) is 0.642. The summed E-state index contributed by atoms with van der Waals surface area (Å²) >= 11 is 0. The van der Waals surface area contributed by atoms with Gasteiger partial charge < -0.3 is 5.73 Å². The molecule has 1 aliphatic rings. The van der Waals surface area contributed by atoms with Crippen molar-refractivity contribution in [3.63, 3.8) is 0 Å². The van der Waals surface area contributed by atoms with E-state index in [1.54, 1.807) is 0 Å². The first kappa shape index (κ1) is 8.76. The molecule has 0 spiro atoms. The minimum Gasteiger partial charge on any atom is -0.325 e. The number of hydrogen-bond acceptors (Lipinski definition) is 1. The summed E-state index contributed by atoms with van der Waals surface area (Å²) in [5.74, 6) is 0. The first-order chi connectivity index (χ1) is 6.08. The van der Waals surface area contributed by atoms with E-state index >= 15 is 0 Å². The molecule has 0 heterocycles. The van der Waals surface area contributed by atoms with E-state index < -0.39 is 0 Å². The van der Waals surface area contributed by atoms with Crippen LogP contribution in [0.25, 0.3) is 0 Å². The lowest BCUT2D eigenvalue weighted by molar-refractivity contribution is 0.408. The van der Waals surface area contributed by atoms with Crippen molar-refractivity contribution in [2.24, 2.45) is 5.73 Å². The molecule has 1 aliphatic carbocycles. The number of rotatable bonds is 0. The fraction of sp³-hybridized carbons (Fsp3) is 0.500. The molecule has 70 valence electrons. The Balaban J connectivity index is 2.44. The van der Waals surface area contributed by atoms with Gasteiger partial charge in [0.2, 0.25) is 0 Å². The van der Waals surface area contributed by atoms with Crippen LogP contribution in [0, 0.1) is 6.92 Å². The van der Waals surface area contributed by atoms with E-state index in [0.717, 1.165) is 19.3 Å². The summed E-state index contributed by atoms with van der Waals surface area (Å²) in [6.45, 7) is 4.34. The molecule has 1 heteroatoms. The van der Waals surface area contributed by atoms with Crippen LogP contribution in [0.4, 0.5) is 0 Å². The third-order valence-electron chi connectivity index (χ3n) is 3.05. The summed E-state index contributed by atoms with van der Waals surface area (Å²) in [7, 11) is 0. The van der Waals surface area contributed by atoms with Crippen molar-refractivity contribution in [3.8, 4) is 0 Å². The van der Waals surface area contributed by atoms with Crippen LogP contribution in [-0.4, -0.2) is 5.54 Å². The molecular formula is C12H17N. The third-order valence-corrected chi connectivity index (χ3v) is 3.05. The molecule has 1 nitrogen and oxygen atoms in total. The summed E-state index contributed by atoms with van der Waals surface area (Å²) in [4.78, 5) is 0. The number of benzene rings is 1. The molecule has 0 bridgehead atoms. The molecule has 1 atom stereocenters. The molecule has 1 aromatic rings. The number of nitrogens with two attached hydrogens (primary N) is 1. The Labute approximate surface area is 80.0 Å². The van der Waals surface area contributed by atoms with Crippen LogP contribution in [-0.2, 0) is 12.8 Å². The second-order valence-electron chi connectivity index (χ2n) is 4.54. The molecule has 2 N–H and O–H groups in total. The molecule has 1 unspecified atom stereocenters. The summed E-state index contributed by atoms with van der Waals surface area (Å²) < 4.78 is 0. The first-order valence-corrected chi connectivity index (χ1v) is 4.95. The predicted octanol–water partition coefficient (Wildman–Crippen LogP) is 2.20. The number of hydrogen-bond donors (Lipinski definition) is 1. The first-order valence-electron chi connectivity index (χ1n) is 4.95. The highest BCUT2D eigenvalue weighted by atomic mass is 14.7. The lowest BCUT2D eigenvalue weighted by atomic mass is 9.78. The minimum absolute atomic E-state index is 0.0130. The molecule has 0 saturated heterocycles. The van der Waals surface area contributed by atoms with Gasteiger partial charge in [0.15, 0.2) is 0 Å². The number of aryl methyl sites for hydroxylation is 2. The fourth-order valence-electron chi connectivity index (χ4n) is 2.16. The van der Waals surface area contributed by atoms with Gasteiger partial charge in [-0.1, -0.05) is 18.2 Å². The van der Waals surface area contributed by atoms with Crippen molar-refractivity contribution < 1.29 is 0 Å². The SMILES string of the molecule is Cc1cccc2c1CC(C)(N)CC2. The molecule has 0 fully saturated rings. The van der Waals surface area contributed by atoms with E-state index in [2.05, 4.69) is 32.0 Å². The van der Waals surface area contributed by atoms with E-state index in [9.17, 15) is 0 Å². The van der Waals surface area contributed by atoms with Crippen LogP contribution >= 0.6 is 0 Å². The van der Waals surface area contributed by atoms with E-state index in [0.29, 0.717) is 0 Å². The van der Waals surface area contributed by atoms with Crippen molar-refractivity contribution in [1.82, 2.24) is 0 Å². The Kier molecular flexibility index (Phi) is 1.92. The summed E-state index contributed by atoms with van der Waals surface area (Å²) in [5, 5.41) is 0. The number of fused-ring (bicyclic) bond motifs is 1. The Morgan fingerprint density at radius 2 is 2.15 bits per heavy atom. The standard InChI is InChI=1S/C12H17N/c1-9-4-3-5-10-6-7-12(2,13)8-11(9)10/h3-5H,6-8,13H2,1-2H3. The van der Waals surface area contributed by atoms with Gasteiger partial charge in [-0.15, -0.1) is 0 Å². The Morgan fingerprint density at radius 1 is 1.38 bits per heavy atom. The third kappa shape index (κ3) is 1.61. The fourth-order valence-corrected chi connectivity index (χ4v) is 2.16. The van der Waals surface area contributed by atoms with Gasteiger partial charge in [0.1, 0.15) is 0 Å². The van der Waals surface area contributed by atoms with Crippen molar-refractivity contribution in [3.05, 3.63) is 34.9 Å². The zero-order valence-electron chi connectivity index (χ0n) is 8.43. The monoisotopic (exact) mass is 175 g/mol. The second-order valence-corrected chi connectivity index (χ2v) is 4.54. The van der Waals surface area contributed by atoms with Gasteiger partial charge in [0, 0.05) is 5.54 Å². The maximum Gasteiger partial charge on any atom is 0.0169 e. The smallest absolute Gasteiger partial charge is 0.0169 e. The van der Waals surface area contributed by atoms with Crippen LogP contribution < -0.4 is 5.73 Å². The van der Waals surface area contributed by atoms with Crippen molar-refractivity contribution in [1.29, 1.82) is 0 Å². The second kappa shape index (κ2) is 2.85. The lowest BCUT2D eigenvalue weighted by Crippen LogP contribution is -2.42. The molecule has 0 aromatic heterocycles. The average molecular weight is 175 g/mol. The molecule has 0 amide bonds. The zero-order valence-corrected chi connectivity index (χ0v) is 8.43. The molecule has 2 rings (SSSR count). The van der Waals surface area contributed by atoms with Gasteiger partial charge in [0.05, 0.1) is 0 Å². The van der Waals surface area contributed by atoms with Crippen molar-refractivity contribution in [2.45, 2.75) is 38.6 Å². The van der Waals surface area contributed by atoms with Crippen LogP contribution in [0.1, 0.15) is 30.0 Å². The van der Waals surface area contributed by atoms with E-state index in [-0.39, 0.29) is 5.54 Å². The summed E-state index contributed by atoms with van der Waals surface area (Å²) in [6.07, 6.45) is 3.29. The summed E-state index contributed by atoms with van der Waals surface area (Å²) in [5.41, 5.74) is 10.6. The lowest BCUT2D eigenvalue weighted by Gasteiger charge is -2.32. The maximum atomic E-state index is 6.16. The molecule has 13 heavy (non-hydrogen) atoms. The molecule has 0 saturated carbocycles. The molecular weight excluding hydrogens is 158 g/mol. The van der Waals surface area contributed by atoms with E-state index in [1.165, 1.54) is 16.7 Å². The van der Waals surface area contributed by atoms with E-state index in [1.807, 2.05) is 0 Å². The predicted molar refractivity (Wildman–Crippen MR) is 55.8 cm³/mol. The Bertz CT molecular complexity index is 326. The van der Waals surface area contributed by atoms with E-state index in [4.69, 9.17) is 5.73 Å².